The average molecular weight is 102 g/mol. The van der Waals surface area contributed by atoms with Gasteiger partial charge >= 0.3 is 0 Å². The van der Waals surface area contributed by atoms with E-state index in [9.17, 15) is 0 Å². The van der Waals surface area contributed by atoms with Crippen LogP contribution in [0.25, 0.3) is 0 Å². The van der Waals surface area contributed by atoms with Crippen LogP contribution < -0.4 is 5.47 Å². The van der Waals surface area contributed by atoms with E-state index < -0.39 is 0 Å². The molecule has 0 spiro atoms. The van der Waals surface area contributed by atoms with Crippen LogP contribution in [0.1, 0.15) is 0 Å². The van der Waals surface area contributed by atoms with Crippen LogP contribution in [0, 0.1) is 0 Å². The van der Waals surface area contributed by atoms with Crippen LogP contribution in [0.4, 0.5) is 0 Å². The van der Waals surface area contributed by atoms with E-state index in [-0.39, 0.29) is 6.73 Å². The first-order chi connectivity index (χ1) is 3.89. The highest BCUT2D eigenvalue weighted by molar-refractivity contribution is 4.72. The van der Waals surface area contributed by atoms with E-state index in [1.54, 1.807) is 6.08 Å². The second kappa shape index (κ2) is 2.60. The SMILES string of the molecule is [2H]N1COC=CCO1. The molecule has 0 aromatic heterocycles. The number of rotatable bonds is 0. The maximum Gasteiger partial charge on any atom is 0.160 e. The van der Waals surface area contributed by atoms with Gasteiger partial charge in [-0.2, -0.15) is 5.47 Å². The van der Waals surface area contributed by atoms with Crippen LogP contribution in [-0.4, -0.2) is 13.3 Å². The van der Waals surface area contributed by atoms with E-state index in [1.165, 1.54) is 6.26 Å². The van der Waals surface area contributed by atoms with Crippen molar-refractivity contribution in [2.75, 3.05) is 13.3 Å². The minimum Gasteiger partial charge on any atom is -0.484 e. The van der Waals surface area contributed by atoms with Crippen LogP contribution >= 0.6 is 0 Å². The van der Waals surface area contributed by atoms with Crippen LogP contribution in [0.5, 0.6) is 0 Å². The van der Waals surface area contributed by atoms with Gasteiger partial charge < -0.3 is 4.74 Å². The van der Waals surface area contributed by atoms with Crippen molar-refractivity contribution in [3.8, 4) is 0 Å². The summed E-state index contributed by atoms with van der Waals surface area (Å²) in [5, 5.41) is 0. The first-order valence-corrected chi connectivity index (χ1v) is 2.05. The molecule has 0 aromatic rings. The summed E-state index contributed by atoms with van der Waals surface area (Å²) < 4.78 is 11.6. The molecule has 1 N–H and O–H groups in total. The summed E-state index contributed by atoms with van der Waals surface area (Å²) in [6.45, 7) is 0.597. The lowest BCUT2D eigenvalue weighted by Crippen LogP contribution is -2.14. The van der Waals surface area contributed by atoms with Crippen molar-refractivity contribution in [2.24, 2.45) is 0 Å². The molecule has 0 bridgehead atoms. The molecular formula is C4H7NO2. The van der Waals surface area contributed by atoms with E-state index in [4.69, 9.17) is 11.0 Å². The van der Waals surface area contributed by atoms with E-state index in [2.05, 4.69) is 0 Å². The molecule has 40 valence electrons. The molecule has 0 saturated carbocycles. The van der Waals surface area contributed by atoms with Crippen molar-refractivity contribution >= 4 is 0 Å². The fraction of sp³-hybridized carbons (Fsp3) is 0.500. The summed E-state index contributed by atoms with van der Waals surface area (Å²) in [7, 11) is 0. The Morgan fingerprint density at radius 1 is 1.86 bits per heavy atom. The van der Waals surface area contributed by atoms with Crippen molar-refractivity contribution < 1.29 is 11.0 Å². The molecule has 3 nitrogen and oxygen atoms in total. The monoisotopic (exact) mass is 102 g/mol. The Labute approximate surface area is 43.3 Å². The van der Waals surface area contributed by atoms with Gasteiger partial charge in [-0.1, -0.05) is 0 Å². The third kappa shape index (κ3) is 1.57. The molecule has 0 aliphatic carbocycles. The second-order valence-corrected chi connectivity index (χ2v) is 1.09. The van der Waals surface area contributed by atoms with E-state index in [1.807, 2.05) is 0 Å². The lowest BCUT2D eigenvalue weighted by Gasteiger charge is -1.95. The fourth-order valence-electron chi connectivity index (χ4n) is 0.314. The second-order valence-electron chi connectivity index (χ2n) is 1.09. The Balaban J connectivity index is 2.28. The minimum absolute atomic E-state index is 0.177. The molecule has 0 unspecified atom stereocenters. The number of ether oxygens (including phenoxy) is 1. The Hall–Kier alpha value is -0.540. The molecule has 0 aromatic carbocycles. The normalized spacial score (nSPS) is 25.4. The Bertz CT molecular complexity index is 86.0. The third-order valence-corrected chi connectivity index (χ3v) is 0.582. The van der Waals surface area contributed by atoms with Gasteiger partial charge in [-0.3, -0.25) is 4.84 Å². The zero-order valence-electron chi connectivity index (χ0n) is 4.83. The van der Waals surface area contributed by atoms with Crippen LogP contribution in [0.3, 0.4) is 0 Å². The van der Waals surface area contributed by atoms with Gasteiger partial charge in [0.2, 0.25) is 0 Å². The van der Waals surface area contributed by atoms with Crippen molar-refractivity contribution in [3.05, 3.63) is 12.3 Å². The van der Waals surface area contributed by atoms with Gasteiger partial charge in [0.05, 0.1) is 12.9 Å². The van der Waals surface area contributed by atoms with Crippen LogP contribution in [0.15, 0.2) is 12.3 Å². The van der Waals surface area contributed by atoms with Crippen LogP contribution in [0.2, 0.25) is 1.41 Å². The molecule has 1 aliphatic heterocycles. The average Bonchev–Trinajstić information content (AvgIpc) is 1.94. The third-order valence-electron chi connectivity index (χ3n) is 0.582. The number of hydroxylamine groups is 1. The van der Waals surface area contributed by atoms with Gasteiger partial charge in [-0.05, 0) is 6.08 Å². The maximum atomic E-state index is 6.86. The molecule has 1 aliphatic rings. The minimum atomic E-state index is 0.177. The first kappa shape index (κ1) is 3.46. The first-order valence-electron chi connectivity index (χ1n) is 2.50. The molecule has 1 rings (SSSR count). The Morgan fingerprint density at radius 3 is 3.86 bits per heavy atom. The zero-order chi connectivity index (χ0) is 5.82. The van der Waals surface area contributed by atoms with Gasteiger partial charge in [0.1, 0.15) is 0 Å². The predicted molar refractivity (Wildman–Crippen MR) is 24.2 cm³/mol. The summed E-state index contributed by atoms with van der Waals surface area (Å²) in [4.78, 5) is 4.69. The molecule has 0 amide bonds. The molecular weight excluding hydrogens is 94.0 g/mol. The highest BCUT2D eigenvalue weighted by Crippen LogP contribution is 1.81. The van der Waals surface area contributed by atoms with Crippen molar-refractivity contribution in [2.45, 2.75) is 0 Å². The lowest BCUT2D eigenvalue weighted by molar-refractivity contribution is 0.0182. The highest BCUT2D eigenvalue weighted by Gasteiger charge is 1.85. The van der Waals surface area contributed by atoms with E-state index in [0.717, 1.165) is 5.47 Å². The molecule has 0 fully saturated rings. The van der Waals surface area contributed by atoms with E-state index in [0.29, 0.717) is 6.61 Å². The number of nitrogens with one attached hydrogen (secondary N) is 1. The number of hydrogen-bond acceptors (Lipinski definition) is 3. The standard InChI is InChI=1S/C4H7NO2/c1-2-6-4-5-7-3-1/h1-2,5H,3-4H2/i/hD. The molecule has 7 heavy (non-hydrogen) atoms. The summed E-state index contributed by atoms with van der Waals surface area (Å²) in [5.41, 5.74) is 0.889. The Morgan fingerprint density at radius 2 is 2.86 bits per heavy atom. The molecule has 0 saturated heterocycles. The highest BCUT2D eigenvalue weighted by atomic mass is 16.7. The quantitative estimate of drug-likeness (QED) is 0.467. The van der Waals surface area contributed by atoms with Crippen molar-refractivity contribution in [1.29, 1.82) is 0 Å². The number of hydrogen-bond donors (Lipinski definition) is 1. The van der Waals surface area contributed by atoms with Gasteiger partial charge in [0.15, 0.2) is 8.14 Å². The molecule has 3 heteroatoms. The predicted octanol–water partition coefficient (Wildman–Crippen LogP) is 0.00900. The van der Waals surface area contributed by atoms with Gasteiger partial charge in [-0.25, -0.2) is 0 Å². The summed E-state index contributed by atoms with van der Waals surface area (Å²) in [6.07, 6.45) is 3.23. The molecule has 1 heterocycles. The van der Waals surface area contributed by atoms with Gasteiger partial charge in [0, 0.05) is 0 Å². The van der Waals surface area contributed by atoms with Gasteiger partial charge in [-0.15, -0.1) is 0 Å². The smallest absolute Gasteiger partial charge is 0.160 e. The van der Waals surface area contributed by atoms with Gasteiger partial charge in [0.25, 0.3) is 0 Å². The maximum absolute atomic E-state index is 6.86. The molecule has 0 radical (unpaired) electrons. The summed E-state index contributed by atoms with van der Waals surface area (Å²) in [5.74, 6) is 0. The van der Waals surface area contributed by atoms with Crippen molar-refractivity contribution in [1.82, 2.24) is 5.47 Å². The molecule has 0 atom stereocenters. The van der Waals surface area contributed by atoms with Crippen molar-refractivity contribution in [3.63, 3.8) is 0 Å². The summed E-state index contributed by atoms with van der Waals surface area (Å²) >= 11 is 0. The zero-order valence-corrected chi connectivity index (χ0v) is 3.83. The Kier molecular flexibility index (Phi) is 1.29. The lowest BCUT2D eigenvalue weighted by atomic mass is 10.7. The summed E-state index contributed by atoms with van der Waals surface area (Å²) in [6, 6.07) is 0. The van der Waals surface area contributed by atoms with Crippen LogP contribution in [-0.2, 0) is 9.57 Å². The largest absolute Gasteiger partial charge is 0.484 e. The van der Waals surface area contributed by atoms with E-state index >= 15 is 0 Å². The fourth-order valence-corrected chi connectivity index (χ4v) is 0.314. The topological polar surface area (TPSA) is 30.5 Å².